The summed E-state index contributed by atoms with van der Waals surface area (Å²) in [5, 5.41) is 8.42. The van der Waals surface area contributed by atoms with E-state index >= 15 is 0 Å². The van der Waals surface area contributed by atoms with Crippen LogP contribution in [0.3, 0.4) is 0 Å². The van der Waals surface area contributed by atoms with Crippen molar-refractivity contribution in [2.45, 2.75) is 6.92 Å². The number of nitrogens with zero attached hydrogens (tertiary/aromatic N) is 1. The number of aliphatic imine (C=N–C) groups is 1. The van der Waals surface area contributed by atoms with Crippen molar-refractivity contribution in [2.75, 3.05) is 0 Å². The Balaban J connectivity index is 5.04. The van der Waals surface area contributed by atoms with E-state index in [0.717, 1.165) is 0 Å². The third-order valence-electron chi connectivity index (χ3n) is 0.986. The van der Waals surface area contributed by atoms with Gasteiger partial charge in [-0.25, -0.2) is 4.79 Å². The van der Waals surface area contributed by atoms with Crippen LogP contribution in [0.5, 0.6) is 0 Å². The van der Waals surface area contributed by atoms with Gasteiger partial charge in [-0.3, -0.25) is 4.99 Å². The molecule has 0 aliphatic rings. The number of carboxylic acid groups (broad SMARTS) is 1. The smallest absolute Gasteiger partial charge is 0.339 e. The van der Waals surface area contributed by atoms with E-state index in [1.165, 1.54) is 6.92 Å². The molecule has 0 radical (unpaired) electrons. The van der Waals surface area contributed by atoms with E-state index in [0.29, 0.717) is 5.57 Å². The van der Waals surface area contributed by atoms with Crippen LogP contribution in [0.15, 0.2) is 27.9 Å². The molecule has 11 heavy (non-hydrogen) atoms. The minimum Gasteiger partial charge on any atom is -0.478 e. The molecule has 4 heteroatoms. The average Bonchev–Trinajstić information content (AvgIpc) is 1.85. The molecule has 0 aliphatic heterocycles. The Bertz CT molecular complexity index is 227. The molecule has 0 unspecified atom stereocenters. The van der Waals surface area contributed by atoms with Crippen molar-refractivity contribution in [3.63, 3.8) is 0 Å². The van der Waals surface area contributed by atoms with Crippen molar-refractivity contribution in [3.8, 4) is 0 Å². The van der Waals surface area contributed by atoms with E-state index in [1.54, 1.807) is 0 Å². The standard InChI is InChI=1S/C7H8ClNO2/c1-4(2)5(7(10)11)6(8)9-3/h1,3H2,2H3,(H,10,11)/b6-5+. The van der Waals surface area contributed by atoms with E-state index in [9.17, 15) is 4.79 Å². The maximum absolute atomic E-state index is 10.5. The Morgan fingerprint density at radius 3 is 2.18 bits per heavy atom. The van der Waals surface area contributed by atoms with Gasteiger partial charge < -0.3 is 5.11 Å². The van der Waals surface area contributed by atoms with Gasteiger partial charge in [-0.05, 0) is 19.2 Å². The summed E-state index contributed by atoms with van der Waals surface area (Å²) in [6.07, 6.45) is 0. The zero-order chi connectivity index (χ0) is 9.02. The lowest BCUT2D eigenvalue weighted by atomic mass is 10.1. The fourth-order valence-corrected chi connectivity index (χ4v) is 0.768. The number of halogens is 1. The second-order valence-electron chi connectivity index (χ2n) is 1.91. The van der Waals surface area contributed by atoms with Crippen molar-refractivity contribution < 1.29 is 9.90 Å². The molecule has 0 saturated carbocycles. The molecule has 0 aromatic heterocycles. The van der Waals surface area contributed by atoms with Crippen molar-refractivity contribution >= 4 is 24.3 Å². The Kier molecular flexibility index (Phi) is 3.54. The van der Waals surface area contributed by atoms with Crippen LogP contribution in [-0.4, -0.2) is 17.8 Å². The van der Waals surface area contributed by atoms with Gasteiger partial charge in [-0.15, -0.1) is 0 Å². The fraction of sp³-hybridized carbons (Fsp3) is 0.143. The predicted molar refractivity (Wildman–Crippen MR) is 44.9 cm³/mol. The fourth-order valence-electron chi connectivity index (χ4n) is 0.526. The molecule has 0 fully saturated rings. The van der Waals surface area contributed by atoms with Crippen LogP contribution >= 0.6 is 11.6 Å². The SMILES string of the molecule is C=N/C(Cl)=C(\C(=C)C)C(=O)O. The van der Waals surface area contributed by atoms with Crippen molar-refractivity contribution in [1.29, 1.82) is 0 Å². The van der Waals surface area contributed by atoms with Crippen molar-refractivity contribution in [3.05, 3.63) is 22.9 Å². The maximum Gasteiger partial charge on any atom is 0.339 e. The molecule has 0 spiro atoms. The molecule has 0 aromatic carbocycles. The summed E-state index contributed by atoms with van der Waals surface area (Å²) in [6, 6.07) is 0. The first-order valence-corrected chi connectivity index (χ1v) is 3.14. The van der Waals surface area contributed by atoms with Crippen LogP contribution in [0.1, 0.15) is 6.92 Å². The van der Waals surface area contributed by atoms with Gasteiger partial charge in [-0.1, -0.05) is 18.2 Å². The lowest BCUT2D eigenvalue weighted by Gasteiger charge is -1.99. The number of hydrogen-bond donors (Lipinski definition) is 1. The summed E-state index contributed by atoms with van der Waals surface area (Å²) in [4.78, 5) is 13.7. The van der Waals surface area contributed by atoms with Gasteiger partial charge in [-0.2, -0.15) is 0 Å². The second kappa shape index (κ2) is 3.93. The van der Waals surface area contributed by atoms with Gasteiger partial charge in [0.1, 0.15) is 5.16 Å². The van der Waals surface area contributed by atoms with Crippen LogP contribution in [0.25, 0.3) is 0 Å². The molecule has 0 bridgehead atoms. The molecular formula is C7H8ClNO2. The third kappa shape index (κ3) is 2.55. The molecule has 0 heterocycles. The summed E-state index contributed by atoms with van der Waals surface area (Å²) >= 11 is 5.43. The molecule has 0 saturated heterocycles. The third-order valence-corrected chi connectivity index (χ3v) is 1.29. The number of rotatable bonds is 3. The summed E-state index contributed by atoms with van der Waals surface area (Å²) in [5.41, 5.74) is 0.261. The zero-order valence-electron chi connectivity index (χ0n) is 6.09. The molecule has 0 aromatic rings. The highest BCUT2D eigenvalue weighted by molar-refractivity contribution is 6.32. The molecule has 60 valence electrons. The first-order chi connectivity index (χ1) is 5.00. The van der Waals surface area contributed by atoms with E-state index in [2.05, 4.69) is 18.3 Å². The van der Waals surface area contributed by atoms with E-state index in [-0.39, 0.29) is 10.7 Å². The second-order valence-corrected chi connectivity index (χ2v) is 2.27. The molecule has 0 amide bonds. The van der Waals surface area contributed by atoms with Gasteiger partial charge in [0.2, 0.25) is 0 Å². The molecule has 0 rings (SSSR count). The van der Waals surface area contributed by atoms with Crippen LogP contribution in [0.4, 0.5) is 0 Å². The molecule has 3 nitrogen and oxygen atoms in total. The zero-order valence-corrected chi connectivity index (χ0v) is 6.85. The van der Waals surface area contributed by atoms with Crippen LogP contribution in [-0.2, 0) is 4.79 Å². The Hall–Kier alpha value is -1.09. The lowest BCUT2D eigenvalue weighted by molar-refractivity contribution is -0.132. The Labute approximate surface area is 69.7 Å². The van der Waals surface area contributed by atoms with Gasteiger partial charge in [0.05, 0.1) is 5.57 Å². The number of aliphatic carboxylic acids is 1. The first kappa shape index (κ1) is 9.91. The summed E-state index contributed by atoms with van der Waals surface area (Å²) in [6.45, 7) is 8.08. The minimum absolute atomic E-state index is 0.0957. The molecule has 0 atom stereocenters. The van der Waals surface area contributed by atoms with Crippen molar-refractivity contribution in [2.24, 2.45) is 4.99 Å². The monoisotopic (exact) mass is 173 g/mol. The molecule has 0 aliphatic carbocycles. The summed E-state index contributed by atoms with van der Waals surface area (Å²) < 4.78 is 0. The highest BCUT2D eigenvalue weighted by Gasteiger charge is 2.12. The van der Waals surface area contributed by atoms with Crippen molar-refractivity contribution in [1.82, 2.24) is 0 Å². The Morgan fingerprint density at radius 2 is 2.09 bits per heavy atom. The minimum atomic E-state index is -1.14. The molecule has 1 N–H and O–H groups in total. The van der Waals surface area contributed by atoms with Gasteiger partial charge in [0.25, 0.3) is 0 Å². The predicted octanol–water partition coefficient (Wildman–Crippen LogP) is 1.80. The lowest BCUT2D eigenvalue weighted by Crippen LogP contribution is -2.02. The number of carbonyl (C=O) groups is 1. The quantitative estimate of drug-likeness (QED) is 0.306. The van der Waals surface area contributed by atoms with E-state index < -0.39 is 5.97 Å². The van der Waals surface area contributed by atoms with Crippen LogP contribution in [0.2, 0.25) is 0 Å². The first-order valence-electron chi connectivity index (χ1n) is 2.76. The Morgan fingerprint density at radius 1 is 1.64 bits per heavy atom. The normalized spacial score (nSPS) is 11.8. The van der Waals surface area contributed by atoms with Gasteiger partial charge >= 0.3 is 5.97 Å². The van der Waals surface area contributed by atoms with Gasteiger partial charge in [0.15, 0.2) is 0 Å². The summed E-state index contributed by atoms with van der Waals surface area (Å²) in [7, 11) is 0. The average molecular weight is 174 g/mol. The van der Waals surface area contributed by atoms with Crippen LogP contribution < -0.4 is 0 Å². The maximum atomic E-state index is 10.5. The highest BCUT2D eigenvalue weighted by Crippen LogP contribution is 2.16. The largest absolute Gasteiger partial charge is 0.478 e. The molecular weight excluding hydrogens is 166 g/mol. The number of carboxylic acids is 1. The van der Waals surface area contributed by atoms with E-state index in [1.807, 2.05) is 0 Å². The summed E-state index contributed by atoms with van der Waals surface area (Å²) in [5.74, 6) is -1.14. The van der Waals surface area contributed by atoms with Gasteiger partial charge in [0, 0.05) is 0 Å². The van der Waals surface area contributed by atoms with Crippen LogP contribution in [0, 0.1) is 0 Å². The number of hydrogen-bond acceptors (Lipinski definition) is 2. The highest BCUT2D eigenvalue weighted by atomic mass is 35.5. The topological polar surface area (TPSA) is 49.7 Å². The van der Waals surface area contributed by atoms with E-state index in [4.69, 9.17) is 16.7 Å².